The molecule has 0 atom stereocenters. The van der Waals surface area contributed by atoms with Gasteiger partial charge >= 0.3 is 0 Å². The van der Waals surface area contributed by atoms with Crippen molar-refractivity contribution in [3.8, 4) is 5.75 Å². The standard InChI is InChI=1S/C14H10ClF2NOS/c15-10-2-1-3-11(16)9(10)7-19-13-5-4-8(14(18)20)6-12(13)17/h1-6H,7H2,(H2,18,20). The molecular weight excluding hydrogens is 304 g/mol. The van der Waals surface area contributed by atoms with Gasteiger partial charge in [0, 0.05) is 11.1 Å². The van der Waals surface area contributed by atoms with Crippen LogP contribution >= 0.6 is 23.8 Å². The maximum atomic E-state index is 13.7. The van der Waals surface area contributed by atoms with Crippen LogP contribution in [0.25, 0.3) is 0 Å². The number of ether oxygens (including phenoxy) is 1. The van der Waals surface area contributed by atoms with Crippen molar-refractivity contribution in [2.75, 3.05) is 0 Å². The zero-order chi connectivity index (χ0) is 14.7. The summed E-state index contributed by atoms with van der Waals surface area (Å²) in [6, 6.07) is 8.37. The Labute approximate surface area is 125 Å². The topological polar surface area (TPSA) is 35.2 Å². The van der Waals surface area contributed by atoms with E-state index in [1.165, 1.54) is 36.4 Å². The van der Waals surface area contributed by atoms with E-state index in [1.807, 2.05) is 0 Å². The van der Waals surface area contributed by atoms with E-state index in [1.54, 1.807) is 0 Å². The highest BCUT2D eigenvalue weighted by atomic mass is 35.5. The SMILES string of the molecule is NC(=S)c1ccc(OCc2c(F)cccc2Cl)c(F)c1. The predicted molar refractivity (Wildman–Crippen MR) is 78.0 cm³/mol. The Balaban J connectivity index is 2.17. The molecule has 0 heterocycles. The Kier molecular flexibility index (Phi) is 4.52. The number of benzene rings is 2. The van der Waals surface area contributed by atoms with Crippen molar-refractivity contribution >= 4 is 28.8 Å². The molecule has 2 N–H and O–H groups in total. The molecule has 20 heavy (non-hydrogen) atoms. The summed E-state index contributed by atoms with van der Waals surface area (Å²) in [6.07, 6.45) is 0. The summed E-state index contributed by atoms with van der Waals surface area (Å²) < 4.78 is 32.5. The molecule has 2 aromatic rings. The number of halogens is 3. The van der Waals surface area contributed by atoms with Gasteiger partial charge in [-0.2, -0.15) is 0 Å². The van der Waals surface area contributed by atoms with E-state index in [9.17, 15) is 8.78 Å². The summed E-state index contributed by atoms with van der Waals surface area (Å²) in [5.41, 5.74) is 5.96. The molecule has 0 radical (unpaired) electrons. The third-order valence-electron chi connectivity index (χ3n) is 2.65. The first kappa shape index (κ1) is 14.7. The van der Waals surface area contributed by atoms with Crippen molar-refractivity contribution in [2.45, 2.75) is 6.61 Å². The van der Waals surface area contributed by atoms with E-state index in [2.05, 4.69) is 0 Å². The molecule has 0 aliphatic heterocycles. The van der Waals surface area contributed by atoms with Gasteiger partial charge in [-0.1, -0.05) is 29.9 Å². The molecule has 0 aliphatic carbocycles. The second-order valence-electron chi connectivity index (χ2n) is 4.00. The molecule has 2 nitrogen and oxygen atoms in total. The molecule has 0 aliphatic rings. The van der Waals surface area contributed by atoms with Crippen molar-refractivity contribution in [1.82, 2.24) is 0 Å². The molecule has 0 fully saturated rings. The molecule has 0 unspecified atom stereocenters. The van der Waals surface area contributed by atoms with Crippen LogP contribution in [0.15, 0.2) is 36.4 Å². The lowest BCUT2D eigenvalue weighted by molar-refractivity contribution is 0.285. The summed E-state index contributed by atoms with van der Waals surface area (Å²) in [6.45, 7) is -0.172. The lowest BCUT2D eigenvalue weighted by atomic mass is 10.2. The Morgan fingerprint density at radius 2 is 1.95 bits per heavy atom. The fourth-order valence-corrected chi connectivity index (χ4v) is 1.94. The molecule has 2 aromatic carbocycles. The van der Waals surface area contributed by atoms with Crippen molar-refractivity contribution in [1.29, 1.82) is 0 Å². The number of nitrogens with two attached hydrogens (primary N) is 1. The normalized spacial score (nSPS) is 10.3. The molecule has 104 valence electrons. The van der Waals surface area contributed by atoms with E-state index < -0.39 is 11.6 Å². The Bertz CT molecular complexity index is 643. The second kappa shape index (κ2) is 6.15. The van der Waals surface area contributed by atoms with Crippen LogP contribution in [0.1, 0.15) is 11.1 Å². The summed E-state index contributed by atoms with van der Waals surface area (Å²) >= 11 is 10.6. The molecule has 6 heteroatoms. The summed E-state index contributed by atoms with van der Waals surface area (Å²) in [5, 5.41) is 0.227. The Hall–Kier alpha value is -1.72. The van der Waals surface area contributed by atoms with Gasteiger partial charge in [0.1, 0.15) is 17.4 Å². The molecule has 0 amide bonds. The van der Waals surface area contributed by atoms with E-state index >= 15 is 0 Å². The minimum absolute atomic E-state index is 0.0238. The Morgan fingerprint density at radius 3 is 2.55 bits per heavy atom. The minimum Gasteiger partial charge on any atom is -0.486 e. The first-order valence-corrected chi connectivity index (χ1v) is 6.42. The van der Waals surface area contributed by atoms with E-state index in [0.29, 0.717) is 5.56 Å². The van der Waals surface area contributed by atoms with Crippen LogP contribution < -0.4 is 10.5 Å². The third kappa shape index (κ3) is 3.23. The number of thiocarbonyl (C=S) groups is 1. The molecule has 0 aromatic heterocycles. The number of hydrogen-bond acceptors (Lipinski definition) is 2. The maximum absolute atomic E-state index is 13.7. The summed E-state index contributed by atoms with van der Waals surface area (Å²) in [5.74, 6) is -1.15. The van der Waals surface area contributed by atoms with Gasteiger partial charge in [-0.05, 0) is 30.3 Å². The van der Waals surface area contributed by atoms with Gasteiger partial charge in [0.25, 0.3) is 0 Å². The lowest BCUT2D eigenvalue weighted by Gasteiger charge is -2.10. The number of rotatable bonds is 4. The van der Waals surface area contributed by atoms with Gasteiger partial charge in [0.05, 0.1) is 5.02 Å². The summed E-state index contributed by atoms with van der Waals surface area (Å²) in [7, 11) is 0. The van der Waals surface area contributed by atoms with Gasteiger partial charge < -0.3 is 10.5 Å². The van der Waals surface area contributed by atoms with Crippen LogP contribution in [-0.4, -0.2) is 4.99 Å². The zero-order valence-corrected chi connectivity index (χ0v) is 11.8. The Morgan fingerprint density at radius 1 is 1.20 bits per heavy atom. The first-order chi connectivity index (χ1) is 9.49. The molecule has 2 rings (SSSR count). The molecule has 0 spiro atoms. The molecule has 0 saturated heterocycles. The fourth-order valence-electron chi connectivity index (χ4n) is 1.59. The average molecular weight is 314 g/mol. The fraction of sp³-hybridized carbons (Fsp3) is 0.0714. The highest BCUT2D eigenvalue weighted by Gasteiger charge is 2.10. The van der Waals surface area contributed by atoms with Crippen molar-refractivity contribution in [3.63, 3.8) is 0 Å². The van der Waals surface area contributed by atoms with Crippen molar-refractivity contribution in [2.24, 2.45) is 5.73 Å². The van der Waals surface area contributed by atoms with Gasteiger partial charge in [-0.3, -0.25) is 0 Å². The van der Waals surface area contributed by atoms with Crippen molar-refractivity contribution < 1.29 is 13.5 Å². The van der Waals surface area contributed by atoms with Crippen molar-refractivity contribution in [3.05, 3.63) is 64.2 Å². The summed E-state index contributed by atoms with van der Waals surface area (Å²) in [4.78, 5) is 0.0904. The number of hydrogen-bond donors (Lipinski definition) is 1. The van der Waals surface area contributed by atoms with E-state index in [0.717, 1.165) is 0 Å². The molecule has 0 bridgehead atoms. The van der Waals surface area contributed by atoms with Crippen LogP contribution in [0.5, 0.6) is 5.75 Å². The first-order valence-electron chi connectivity index (χ1n) is 5.64. The largest absolute Gasteiger partial charge is 0.486 e. The smallest absolute Gasteiger partial charge is 0.165 e. The monoisotopic (exact) mass is 313 g/mol. The highest BCUT2D eigenvalue weighted by Crippen LogP contribution is 2.23. The van der Waals surface area contributed by atoms with Crippen LogP contribution in [0.2, 0.25) is 5.02 Å². The predicted octanol–water partition coefficient (Wildman–Crippen LogP) is 3.83. The average Bonchev–Trinajstić information content (AvgIpc) is 2.39. The van der Waals surface area contributed by atoms with Gasteiger partial charge in [-0.25, -0.2) is 8.78 Å². The quantitative estimate of drug-likeness (QED) is 0.871. The van der Waals surface area contributed by atoms with E-state index in [4.69, 9.17) is 34.3 Å². The molecule has 0 saturated carbocycles. The van der Waals surface area contributed by atoms with Crippen LogP contribution in [0.4, 0.5) is 8.78 Å². The van der Waals surface area contributed by atoms with Crippen LogP contribution in [0.3, 0.4) is 0 Å². The lowest BCUT2D eigenvalue weighted by Crippen LogP contribution is -2.10. The second-order valence-corrected chi connectivity index (χ2v) is 4.85. The van der Waals surface area contributed by atoms with Crippen LogP contribution in [-0.2, 0) is 6.61 Å². The minimum atomic E-state index is -0.622. The van der Waals surface area contributed by atoms with Gasteiger partial charge in [0.15, 0.2) is 11.6 Å². The van der Waals surface area contributed by atoms with Gasteiger partial charge in [-0.15, -0.1) is 0 Å². The maximum Gasteiger partial charge on any atom is 0.165 e. The highest BCUT2D eigenvalue weighted by molar-refractivity contribution is 7.80. The van der Waals surface area contributed by atoms with E-state index in [-0.39, 0.29) is 27.9 Å². The third-order valence-corrected chi connectivity index (χ3v) is 3.24. The molecular formula is C14H10ClF2NOS. The van der Waals surface area contributed by atoms with Gasteiger partial charge in [0.2, 0.25) is 0 Å². The zero-order valence-electron chi connectivity index (χ0n) is 10.2. The van der Waals surface area contributed by atoms with Crippen LogP contribution in [0, 0.1) is 11.6 Å².